The van der Waals surface area contributed by atoms with Crippen molar-refractivity contribution in [3.8, 4) is 11.5 Å². The van der Waals surface area contributed by atoms with Crippen LogP contribution in [0.3, 0.4) is 0 Å². The topological polar surface area (TPSA) is 104 Å². The van der Waals surface area contributed by atoms with Crippen LogP contribution >= 0.6 is 31.9 Å². The fraction of sp³-hybridized carbons (Fsp3) is 0.471. The number of phenols is 1. The van der Waals surface area contributed by atoms with Gasteiger partial charge < -0.3 is 9.84 Å². The summed E-state index contributed by atoms with van der Waals surface area (Å²) in [5, 5.41) is 10.8. The number of rotatable bonds is 4. The average molecular weight is 726 g/mol. The number of ether oxygens (including phenoxy) is 1. The molecule has 4 fully saturated rings. The second-order valence-corrected chi connectivity index (χ2v) is 14.6. The first-order valence-corrected chi connectivity index (χ1v) is 16.9. The lowest BCUT2D eigenvalue weighted by molar-refractivity contribution is -0.144. The van der Waals surface area contributed by atoms with Crippen molar-refractivity contribution in [2.24, 2.45) is 29.1 Å². The zero-order valence-electron chi connectivity index (χ0n) is 24.6. The third kappa shape index (κ3) is 4.05. The average Bonchev–Trinajstić information content (AvgIpc) is 3.40. The van der Waals surface area contributed by atoms with Crippen molar-refractivity contribution in [3.05, 3.63) is 62.6 Å². The summed E-state index contributed by atoms with van der Waals surface area (Å²) in [7, 11) is 1.46. The number of likely N-dealkylation sites (tertiary alicyclic amines) is 1. The van der Waals surface area contributed by atoms with E-state index >= 15 is 0 Å². The van der Waals surface area contributed by atoms with Crippen molar-refractivity contribution in [1.29, 1.82) is 0 Å². The third-order valence-corrected chi connectivity index (χ3v) is 13.1. The minimum absolute atomic E-state index is 0.0721. The fourth-order valence-electron chi connectivity index (χ4n) is 8.88. The number of fused-ring (bicyclic) bond motifs is 4. The van der Waals surface area contributed by atoms with E-state index in [0.717, 1.165) is 37.7 Å². The van der Waals surface area contributed by atoms with Gasteiger partial charge in [-0.2, -0.15) is 0 Å². The molecule has 0 spiro atoms. The van der Waals surface area contributed by atoms with E-state index in [2.05, 4.69) is 37.9 Å². The van der Waals surface area contributed by atoms with Crippen LogP contribution in [0.4, 0.5) is 5.69 Å². The predicted octanol–water partition coefficient (Wildman–Crippen LogP) is 6.49. The summed E-state index contributed by atoms with van der Waals surface area (Å²) in [5.41, 5.74) is 0.880. The van der Waals surface area contributed by atoms with Crippen LogP contribution in [0.1, 0.15) is 63.4 Å². The molecule has 3 aliphatic carbocycles. The third-order valence-electron chi connectivity index (χ3n) is 11.0. The highest BCUT2D eigenvalue weighted by Crippen LogP contribution is 2.65. The normalized spacial score (nSPS) is 32.0. The number of hydrogen-bond donors (Lipinski definition) is 1. The smallest absolute Gasteiger partial charge is 0.241 e. The highest BCUT2D eigenvalue weighted by molar-refractivity contribution is 9.13. The Morgan fingerprint density at radius 2 is 1.64 bits per heavy atom. The molecule has 8 nitrogen and oxygen atoms in total. The maximum Gasteiger partial charge on any atom is 0.241 e. The van der Waals surface area contributed by atoms with Gasteiger partial charge in [0.2, 0.25) is 23.6 Å². The molecule has 230 valence electrons. The Morgan fingerprint density at radius 1 is 0.932 bits per heavy atom. The Kier molecular flexibility index (Phi) is 7.31. The number of imide groups is 2. The number of para-hydroxylation sites is 1. The van der Waals surface area contributed by atoms with Crippen molar-refractivity contribution >= 4 is 61.2 Å². The van der Waals surface area contributed by atoms with Crippen LogP contribution in [0, 0.1) is 29.1 Å². The van der Waals surface area contributed by atoms with Crippen LogP contribution in [0.15, 0.2) is 57.0 Å². The Labute approximate surface area is 273 Å². The molecule has 10 heteroatoms. The van der Waals surface area contributed by atoms with Gasteiger partial charge in [-0.3, -0.25) is 24.1 Å². The van der Waals surface area contributed by atoms with Crippen molar-refractivity contribution in [3.63, 3.8) is 0 Å². The highest BCUT2D eigenvalue weighted by Gasteiger charge is 2.68. The van der Waals surface area contributed by atoms with Gasteiger partial charge in [0.25, 0.3) is 0 Å². The number of methoxy groups -OCH3 is 1. The standard InChI is InChI=1S/C34H34Br2N2O6/c1-34-23(31(41)38(33(34)43)18-11-7-4-8-12-18)15-21-19(26(34)22-16-24(44-2)29(39)28(36)27(22)35)13-14-20-25(21)32(42)37(30(20)40)17-9-5-3-6-10-17/h4,7-8,11-13,16-17,20-21,23,25-26,39H,3,5-6,9-10,14-15H2,1-2H3. The maximum absolute atomic E-state index is 14.6. The number of aromatic hydroxyl groups is 1. The van der Waals surface area contributed by atoms with Crippen LogP contribution in [-0.2, 0) is 19.2 Å². The van der Waals surface area contributed by atoms with Gasteiger partial charge in [0.15, 0.2) is 11.5 Å². The van der Waals surface area contributed by atoms with Gasteiger partial charge >= 0.3 is 0 Å². The van der Waals surface area contributed by atoms with E-state index in [-0.39, 0.29) is 47.1 Å². The molecule has 6 unspecified atom stereocenters. The molecule has 2 aromatic carbocycles. The number of allylic oxidation sites excluding steroid dienone is 2. The fourth-order valence-corrected chi connectivity index (χ4v) is 9.84. The van der Waals surface area contributed by atoms with Gasteiger partial charge in [-0.15, -0.1) is 0 Å². The van der Waals surface area contributed by atoms with E-state index in [1.54, 1.807) is 35.2 Å². The number of halogens is 2. The molecule has 0 bridgehead atoms. The number of benzene rings is 2. The van der Waals surface area contributed by atoms with E-state index < -0.39 is 29.1 Å². The quantitative estimate of drug-likeness (QED) is 0.286. The molecule has 2 heterocycles. The number of anilines is 1. The monoisotopic (exact) mass is 724 g/mol. The molecular formula is C34H34Br2N2O6. The van der Waals surface area contributed by atoms with E-state index in [9.17, 15) is 24.3 Å². The van der Waals surface area contributed by atoms with Crippen LogP contribution in [0.2, 0.25) is 0 Å². The molecule has 4 amide bonds. The summed E-state index contributed by atoms with van der Waals surface area (Å²) < 4.78 is 6.44. The van der Waals surface area contributed by atoms with Crippen molar-refractivity contribution in [2.75, 3.05) is 12.0 Å². The van der Waals surface area contributed by atoms with Crippen LogP contribution in [-0.4, -0.2) is 46.8 Å². The predicted molar refractivity (Wildman–Crippen MR) is 170 cm³/mol. The number of carbonyl (C=O) groups excluding carboxylic acids is 4. The zero-order valence-corrected chi connectivity index (χ0v) is 27.8. The minimum Gasteiger partial charge on any atom is -0.503 e. The van der Waals surface area contributed by atoms with Crippen LogP contribution in [0.5, 0.6) is 11.5 Å². The van der Waals surface area contributed by atoms with Crippen molar-refractivity contribution in [1.82, 2.24) is 4.90 Å². The lowest BCUT2D eigenvalue weighted by Crippen LogP contribution is -2.49. The summed E-state index contributed by atoms with van der Waals surface area (Å²) in [6.45, 7) is 1.85. The van der Waals surface area contributed by atoms with Crippen LogP contribution < -0.4 is 9.64 Å². The first-order valence-electron chi connectivity index (χ1n) is 15.4. The summed E-state index contributed by atoms with van der Waals surface area (Å²) in [6, 6.07) is 10.6. The van der Waals surface area contributed by atoms with E-state index in [1.165, 1.54) is 12.0 Å². The second-order valence-electron chi connectivity index (χ2n) is 13.0. The molecule has 44 heavy (non-hydrogen) atoms. The summed E-state index contributed by atoms with van der Waals surface area (Å²) >= 11 is 7.17. The Morgan fingerprint density at radius 3 is 2.32 bits per heavy atom. The van der Waals surface area contributed by atoms with Crippen molar-refractivity contribution in [2.45, 2.75) is 63.8 Å². The molecule has 0 radical (unpaired) electrons. The summed E-state index contributed by atoms with van der Waals surface area (Å²) in [4.78, 5) is 59.9. The number of nitrogens with zero attached hydrogens (tertiary/aromatic N) is 2. The van der Waals surface area contributed by atoms with Crippen LogP contribution in [0.25, 0.3) is 0 Å². The first kappa shape index (κ1) is 29.7. The number of amides is 4. The lowest BCUT2D eigenvalue weighted by atomic mass is 9.51. The van der Waals surface area contributed by atoms with E-state index in [1.807, 2.05) is 13.0 Å². The number of phenolic OH excluding ortho intramolecular Hbond substituents is 1. The molecule has 2 aromatic rings. The Bertz CT molecular complexity index is 1620. The molecule has 5 aliphatic rings. The molecule has 2 aliphatic heterocycles. The molecule has 6 atom stereocenters. The van der Waals surface area contributed by atoms with E-state index in [0.29, 0.717) is 33.0 Å². The summed E-state index contributed by atoms with van der Waals surface area (Å²) in [6.07, 6.45) is 7.55. The molecule has 0 aromatic heterocycles. The lowest BCUT2D eigenvalue weighted by Gasteiger charge is -2.49. The molecule has 1 N–H and O–H groups in total. The zero-order chi connectivity index (χ0) is 31.1. The largest absolute Gasteiger partial charge is 0.503 e. The molecule has 2 saturated heterocycles. The number of carbonyl (C=O) groups is 4. The summed E-state index contributed by atoms with van der Waals surface area (Å²) in [5.74, 6) is -3.48. The minimum atomic E-state index is -1.19. The first-order chi connectivity index (χ1) is 21.1. The van der Waals surface area contributed by atoms with Gasteiger partial charge in [0.1, 0.15) is 0 Å². The van der Waals surface area contributed by atoms with Gasteiger partial charge in [-0.05, 0) is 94.1 Å². The molecular weight excluding hydrogens is 692 g/mol. The van der Waals surface area contributed by atoms with E-state index in [4.69, 9.17) is 4.74 Å². The molecule has 7 rings (SSSR count). The molecule has 2 saturated carbocycles. The van der Waals surface area contributed by atoms with Gasteiger partial charge in [0.05, 0.1) is 40.4 Å². The second kappa shape index (κ2) is 10.8. The highest BCUT2D eigenvalue weighted by atomic mass is 79.9. The van der Waals surface area contributed by atoms with Gasteiger partial charge in [-0.25, -0.2) is 4.90 Å². The SMILES string of the molecule is COc1cc(C2C3=CCC4C(=O)N(C5CCCCC5)C(=O)C4C3CC3C(=O)N(c4ccccc4)C(=O)C32C)c(Br)c(Br)c1O. The Hall–Kier alpha value is -2.98. The maximum atomic E-state index is 14.6. The number of hydrogen-bond acceptors (Lipinski definition) is 6. The Balaban J connectivity index is 1.40. The van der Waals surface area contributed by atoms with Crippen molar-refractivity contribution < 1.29 is 29.0 Å². The van der Waals surface area contributed by atoms with Gasteiger partial charge in [0, 0.05) is 16.4 Å². The van der Waals surface area contributed by atoms with Gasteiger partial charge in [-0.1, -0.05) is 49.1 Å².